The Morgan fingerprint density at radius 3 is 1.05 bits per heavy atom. The number of amides is 18. The molecule has 0 spiro atoms. The first kappa shape index (κ1) is 124. The first-order valence-electron chi connectivity index (χ1n) is 48.7. The lowest BCUT2D eigenvalue weighted by atomic mass is 9.97. The highest BCUT2D eigenvalue weighted by Gasteiger charge is 2.45. The lowest BCUT2D eigenvalue weighted by Crippen LogP contribution is -2.61. The molecule has 0 aromatic heterocycles. The van der Waals surface area contributed by atoms with Crippen LogP contribution in [0.5, 0.6) is 0 Å². The fourth-order valence-electron chi connectivity index (χ4n) is 15.6. The third kappa shape index (κ3) is 44.7. The molecule has 0 aromatic carbocycles. The van der Waals surface area contributed by atoms with E-state index in [1.54, 1.807) is 83.1 Å². The third-order valence-electron chi connectivity index (χ3n) is 23.3. The van der Waals surface area contributed by atoms with E-state index in [0.717, 1.165) is 4.90 Å². The molecule has 0 unspecified atom stereocenters. The first-order chi connectivity index (χ1) is 65.4. The van der Waals surface area contributed by atoms with Gasteiger partial charge >= 0.3 is 17.9 Å². The van der Waals surface area contributed by atoms with Gasteiger partial charge in [-0.3, -0.25) is 101 Å². The lowest BCUT2D eigenvalue weighted by molar-refractivity contribution is -0.144. The van der Waals surface area contributed by atoms with E-state index in [2.05, 4.69) is 90.1 Å². The molecule has 0 aliphatic carbocycles. The van der Waals surface area contributed by atoms with E-state index in [9.17, 15) is 116 Å². The number of carboxylic acids is 3. The topological polar surface area (TPSA) is 761 Å². The van der Waals surface area contributed by atoms with Gasteiger partial charge < -0.3 is 139 Å². The molecular weight excluding hydrogens is 1830 g/mol. The zero-order valence-corrected chi connectivity index (χ0v) is 84.8. The number of nitrogens with one attached hydrogen (secondary N) is 16. The highest BCUT2D eigenvalue weighted by molar-refractivity contribution is 6.02. The highest BCUT2D eigenvalue weighted by Crippen LogP contribution is 2.25. The van der Waals surface area contributed by atoms with Gasteiger partial charge in [0.2, 0.25) is 106 Å². The molecule has 18 amide bonds. The molecule has 48 nitrogen and oxygen atoms in total. The van der Waals surface area contributed by atoms with Crippen LogP contribution in [0.15, 0.2) is 4.99 Å². The minimum absolute atomic E-state index is 0.00603. The smallest absolute Gasteiger partial charge is 0.326 e. The molecule has 29 N–H and O–H groups in total. The summed E-state index contributed by atoms with van der Waals surface area (Å²) in [5.41, 5.74) is 28.3. The van der Waals surface area contributed by atoms with Crippen LogP contribution in [0.4, 0.5) is 0 Å². The van der Waals surface area contributed by atoms with Crippen molar-refractivity contribution < 1.29 is 116 Å². The van der Waals surface area contributed by atoms with Crippen LogP contribution in [-0.4, -0.2) is 303 Å². The highest BCUT2D eigenvalue weighted by atomic mass is 16.4. The van der Waals surface area contributed by atoms with E-state index in [4.69, 9.17) is 28.7 Å². The Labute approximate surface area is 820 Å². The van der Waals surface area contributed by atoms with Crippen molar-refractivity contribution in [2.24, 2.45) is 75.1 Å². The second kappa shape index (κ2) is 62.2. The lowest BCUT2D eigenvalue weighted by Gasteiger charge is -2.32. The summed E-state index contributed by atoms with van der Waals surface area (Å²) in [5.74, 6) is -22.3. The number of nitrogens with two attached hydrogens (primary N) is 5. The average Bonchev–Trinajstić information content (AvgIpc) is 1.66. The Hall–Kier alpha value is -12.0. The maximum absolute atomic E-state index is 14.9. The van der Waals surface area contributed by atoms with Crippen molar-refractivity contribution in [3.8, 4) is 0 Å². The predicted molar refractivity (Wildman–Crippen MR) is 516 cm³/mol. The van der Waals surface area contributed by atoms with Crippen molar-refractivity contribution in [2.45, 2.75) is 375 Å². The van der Waals surface area contributed by atoms with Crippen molar-refractivity contribution in [2.75, 3.05) is 32.7 Å². The maximum atomic E-state index is 14.9. The molecule has 794 valence electrons. The van der Waals surface area contributed by atoms with Gasteiger partial charge in [0, 0.05) is 26.1 Å². The van der Waals surface area contributed by atoms with Crippen molar-refractivity contribution >= 4 is 130 Å². The van der Waals surface area contributed by atoms with Crippen LogP contribution in [0.1, 0.15) is 260 Å². The Kier molecular flexibility index (Phi) is 55.2. The van der Waals surface area contributed by atoms with Gasteiger partial charge in [-0.15, -0.1) is 0 Å². The van der Waals surface area contributed by atoms with E-state index < -0.39 is 270 Å². The molecule has 2 heterocycles. The molecule has 48 heteroatoms. The van der Waals surface area contributed by atoms with Gasteiger partial charge in [-0.2, -0.15) is 0 Å². The molecule has 2 aliphatic rings. The summed E-state index contributed by atoms with van der Waals surface area (Å²) < 4.78 is 0. The van der Waals surface area contributed by atoms with Crippen molar-refractivity contribution in [3.63, 3.8) is 0 Å². The SMILES string of the molecule is CC(C)C[C@H](NC(=O)[C@H](CC(=O)O)NC(=O)[C@H](CCC(=O)O)NC(=O)[C@H](CCCN=C(N)N)NC(=O)[C@@H]1CCCN1C(=O)[C@H](C)NC(=O)[C@H](C)NC(=O)[C@H](CC(C)C)NC(=O)[C@H](CC(C)C)NC(=O)[C@@H](NC(=O)[C@@H]1CCCN1C(=O)[C@H](CC(C)C)NC(=O)[C@H](CC(C)C)NC(=O)[C@@H](NC(=O)[C@H](C)NC(=O)[C@H](C)NC(=O)[C@H](C)NC(=O)[C@H](CCCCN)NC(=O)[C@@H](N)CCCCN)C(C)C)C(C)C)C(=O)O. The minimum Gasteiger partial charge on any atom is -0.481 e. The number of carbonyl (C=O) groups is 21. The van der Waals surface area contributed by atoms with E-state index in [-0.39, 0.29) is 126 Å². The molecule has 0 radical (unpaired) electrons. The third-order valence-corrected chi connectivity index (χ3v) is 23.3. The first-order valence-corrected chi connectivity index (χ1v) is 48.7. The number of carbonyl (C=O) groups excluding carboxylic acids is 18. The van der Waals surface area contributed by atoms with Crippen LogP contribution >= 0.6 is 0 Å². The number of hydrogen-bond donors (Lipinski definition) is 24. The number of rotatable bonds is 64. The summed E-state index contributed by atoms with van der Waals surface area (Å²) in [6, 6.07) is -25.5. The molecular formula is C92H162N24O24. The summed E-state index contributed by atoms with van der Waals surface area (Å²) in [4.78, 5) is 295. The summed E-state index contributed by atoms with van der Waals surface area (Å²) in [5, 5.41) is 70.2. The van der Waals surface area contributed by atoms with E-state index in [1.165, 1.54) is 39.5 Å². The molecule has 2 fully saturated rings. The summed E-state index contributed by atoms with van der Waals surface area (Å²) in [7, 11) is 0. The summed E-state index contributed by atoms with van der Waals surface area (Å²) in [6.45, 7) is 31.7. The van der Waals surface area contributed by atoms with Crippen molar-refractivity contribution in [1.82, 2.24) is 94.9 Å². The number of aliphatic carboxylic acids is 3. The molecule has 2 saturated heterocycles. The van der Waals surface area contributed by atoms with Gasteiger partial charge in [-0.1, -0.05) is 103 Å². The monoisotopic (exact) mass is 1990 g/mol. The van der Waals surface area contributed by atoms with E-state index >= 15 is 0 Å². The molecule has 0 saturated carbocycles. The van der Waals surface area contributed by atoms with E-state index in [0.29, 0.717) is 51.6 Å². The Balaban J connectivity index is 2.31. The van der Waals surface area contributed by atoms with Crippen LogP contribution in [0.2, 0.25) is 0 Å². The number of carboxylic acid groups (broad SMARTS) is 3. The zero-order valence-electron chi connectivity index (χ0n) is 84.8. The molecule has 2 rings (SSSR count). The van der Waals surface area contributed by atoms with Crippen LogP contribution in [0.3, 0.4) is 0 Å². The number of nitrogens with zero attached hydrogens (tertiary/aromatic N) is 3. The van der Waals surface area contributed by atoms with E-state index in [1.807, 2.05) is 13.8 Å². The number of guanidine groups is 1. The molecule has 0 aromatic rings. The summed E-state index contributed by atoms with van der Waals surface area (Å²) in [6.07, 6.45) is 0.989. The van der Waals surface area contributed by atoms with Gasteiger partial charge in [-0.25, -0.2) is 4.79 Å². The van der Waals surface area contributed by atoms with Crippen LogP contribution < -0.4 is 114 Å². The Morgan fingerprint density at radius 1 is 0.314 bits per heavy atom. The fraction of sp³-hybridized carbons (Fsp3) is 0.761. The number of likely N-dealkylation sites (tertiary alicyclic amines) is 2. The van der Waals surface area contributed by atoms with Gasteiger partial charge in [0.05, 0.1) is 12.5 Å². The second-order valence-corrected chi connectivity index (χ2v) is 39.2. The van der Waals surface area contributed by atoms with Crippen LogP contribution in [0.25, 0.3) is 0 Å². The maximum Gasteiger partial charge on any atom is 0.326 e. The average molecular weight is 1990 g/mol. The normalized spacial score (nSPS) is 17.3. The van der Waals surface area contributed by atoms with Gasteiger partial charge in [0.1, 0.15) is 109 Å². The second-order valence-electron chi connectivity index (χ2n) is 39.2. The fourth-order valence-corrected chi connectivity index (χ4v) is 15.6. The quantitative estimate of drug-likeness (QED) is 0.0159. The van der Waals surface area contributed by atoms with Gasteiger partial charge in [0.25, 0.3) is 0 Å². The summed E-state index contributed by atoms with van der Waals surface area (Å²) >= 11 is 0. The van der Waals surface area contributed by atoms with Crippen molar-refractivity contribution in [1.29, 1.82) is 0 Å². The molecule has 19 atom stereocenters. The number of aliphatic imine (C=N–C) groups is 1. The van der Waals surface area contributed by atoms with Gasteiger partial charge in [-0.05, 0) is 198 Å². The molecule has 140 heavy (non-hydrogen) atoms. The number of hydrogen-bond acceptors (Lipinski definition) is 25. The van der Waals surface area contributed by atoms with Crippen LogP contribution in [-0.2, 0) is 101 Å². The van der Waals surface area contributed by atoms with Gasteiger partial charge in [0.15, 0.2) is 5.96 Å². The van der Waals surface area contributed by atoms with Crippen LogP contribution in [0, 0.1) is 41.4 Å². The standard InChI is InChI=1S/C92H162N24O24/c1-45(2)39-61(81(129)102-54(17)75(123)103-56(19)89(137)115-37-25-30-67(115)85(133)106-59(29-24-36-98-92(96)97)79(127)105-60(32-33-69(117)118)80(128)108-64(44-70(119)120)84(132)112-66(91(139)140)43-49(9)10)107-82(130)62(40-46(3)4)109-88(136)72(51(13)14)114-86(134)68-31-26-38-116(68)90(138)65(42-48(7)8)111-83(131)63(41-47(5)6)110-87(135)71(50(11)12)113-76(124)55(18)100-73(121)52(15)99-74(122)53(16)101-78(126)58(28-21-23-35-94)104-77(125)57(95)27-20-22-34-93/h45-68,71-72H,20-44,93-95H2,1-19H3,(H,99,122)(H,100,121)(H,101,126)(H,102,129)(H,103,123)(H,104,125)(H,105,127)(H,106,133)(H,107,130)(H,108,128)(H,109,136)(H,110,135)(H,111,131)(H,112,132)(H,113,124)(H,114,134)(H,117,118)(H,119,120)(H,139,140)(H4,96,97,98)/t52-,53-,54-,55-,56-,57-,58-,59-,60-,61-,62-,63-,64-,65-,66-,67-,68-,71-,72-/m0/s1. The number of unbranched alkanes of at least 4 members (excludes halogenated alkanes) is 2. The largest absolute Gasteiger partial charge is 0.481 e. The molecule has 0 bridgehead atoms. The Bertz CT molecular complexity index is 4220. The molecule has 2 aliphatic heterocycles. The predicted octanol–water partition coefficient (Wildman–Crippen LogP) is -3.57. The Morgan fingerprint density at radius 2 is 0.629 bits per heavy atom. The zero-order chi connectivity index (χ0) is 107. The minimum atomic E-state index is -1.92. The van der Waals surface area contributed by atoms with Crippen molar-refractivity contribution in [3.05, 3.63) is 0 Å².